The highest BCUT2D eigenvalue weighted by atomic mass is 16.5. The molecule has 0 saturated carbocycles. The van der Waals surface area contributed by atoms with E-state index in [4.69, 9.17) is 14.2 Å². The van der Waals surface area contributed by atoms with Crippen LogP contribution in [0.2, 0.25) is 0 Å². The molecule has 0 amide bonds. The Balaban J connectivity index is 2.18. The molecule has 1 aromatic rings. The van der Waals surface area contributed by atoms with Crippen molar-refractivity contribution in [3.8, 4) is 0 Å². The van der Waals surface area contributed by atoms with Gasteiger partial charge < -0.3 is 14.2 Å². The summed E-state index contributed by atoms with van der Waals surface area (Å²) in [7, 11) is 1.63. The molecule has 0 saturated heterocycles. The molecule has 0 N–H and O–H groups in total. The van der Waals surface area contributed by atoms with Gasteiger partial charge in [-0.15, -0.1) is 0 Å². The smallest absolute Gasteiger partial charge is 0.188 e. The fraction of sp³-hybridized carbons (Fsp3) is 0.562. The van der Waals surface area contributed by atoms with Gasteiger partial charge in [0.15, 0.2) is 5.78 Å². The molecule has 0 aromatic heterocycles. The van der Waals surface area contributed by atoms with Gasteiger partial charge in [0.05, 0.1) is 26.4 Å². The summed E-state index contributed by atoms with van der Waals surface area (Å²) in [6.45, 7) is 4.26. The standard InChI is InChI=1S/C16H24O4/c1-3-4-14-5-7-15(8-6-14)16(17)13-20-12-11-19-10-9-18-2/h5-8H,3-4,9-13H2,1-2H3. The highest BCUT2D eigenvalue weighted by Crippen LogP contribution is 2.07. The maximum Gasteiger partial charge on any atom is 0.188 e. The molecule has 0 aliphatic heterocycles. The van der Waals surface area contributed by atoms with Crippen LogP contribution in [-0.2, 0) is 20.6 Å². The Bertz CT molecular complexity index is 373. The molecule has 0 unspecified atom stereocenters. The lowest BCUT2D eigenvalue weighted by Crippen LogP contribution is -2.13. The lowest BCUT2D eigenvalue weighted by Gasteiger charge is -2.06. The van der Waals surface area contributed by atoms with Crippen LogP contribution in [0.3, 0.4) is 0 Å². The zero-order valence-corrected chi connectivity index (χ0v) is 12.4. The molecule has 0 bridgehead atoms. The quantitative estimate of drug-likeness (QED) is 0.461. The van der Waals surface area contributed by atoms with Crippen LogP contribution in [0, 0.1) is 0 Å². The van der Waals surface area contributed by atoms with Crippen molar-refractivity contribution in [3.05, 3.63) is 35.4 Å². The van der Waals surface area contributed by atoms with Crippen molar-refractivity contribution < 1.29 is 19.0 Å². The first kappa shape index (κ1) is 16.8. The van der Waals surface area contributed by atoms with Crippen LogP contribution in [0.25, 0.3) is 0 Å². The summed E-state index contributed by atoms with van der Waals surface area (Å²) in [5.74, 6) is 0.00457. The summed E-state index contributed by atoms with van der Waals surface area (Å²) in [5.41, 5.74) is 1.96. The van der Waals surface area contributed by atoms with Crippen LogP contribution in [0.15, 0.2) is 24.3 Å². The first-order chi connectivity index (χ1) is 9.77. The Labute approximate surface area is 121 Å². The average molecular weight is 280 g/mol. The zero-order valence-electron chi connectivity index (χ0n) is 12.4. The second-order valence-corrected chi connectivity index (χ2v) is 4.53. The van der Waals surface area contributed by atoms with Gasteiger partial charge in [0.2, 0.25) is 0 Å². The maximum atomic E-state index is 11.9. The van der Waals surface area contributed by atoms with Gasteiger partial charge >= 0.3 is 0 Å². The van der Waals surface area contributed by atoms with Crippen LogP contribution in [0.5, 0.6) is 0 Å². The minimum Gasteiger partial charge on any atom is -0.382 e. The molecule has 0 atom stereocenters. The monoisotopic (exact) mass is 280 g/mol. The van der Waals surface area contributed by atoms with Gasteiger partial charge in [-0.2, -0.15) is 0 Å². The van der Waals surface area contributed by atoms with Crippen LogP contribution < -0.4 is 0 Å². The van der Waals surface area contributed by atoms with Gasteiger partial charge in [0.25, 0.3) is 0 Å². The number of carbonyl (C=O) groups excluding carboxylic acids is 1. The van der Waals surface area contributed by atoms with E-state index in [1.807, 2.05) is 24.3 Å². The van der Waals surface area contributed by atoms with Crippen molar-refractivity contribution in [1.82, 2.24) is 0 Å². The Kier molecular flexibility index (Phi) is 8.87. The molecule has 0 fully saturated rings. The van der Waals surface area contributed by atoms with Crippen molar-refractivity contribution in [2.75, 3.05) is 40.1 Å². The maximum absolute atomic E-state index is 11.9. The van der Waals surface area contributed by atoms with Crippen LogP contribution in [-0.4, -0.2) is 45.9 Å². The highest BCUT2D eigenvalue weighted by molar-refractivity contribution is 5.97. The molecule has 0 spiro atoms. The predicted octanol–water partition coefficient (Wildman–Crippen LogP) is 2.50. The fourth-order valence-corrected chi connectivity index (χ4v) is 1.76. The van der Waals surface area contributed by atoms with Gasteiger partial charge in [-0.1, -0.05) is 37.6 Å². The number of ether oxygens (including phenoxy) is 3. The third-order valence-electron chi connectivity index (χ3n) is 2.85. The summed E-state index contributed by atoms with van der Waals surface area (Å²) in [4.78, 5) is 11.9. The normalized spacial score (nSPS) is 10.7. The van der Waals surface area contributed by atoms with E-state index >= 15 is 0 Å². The van der Waals surface area contributed by atoms with Crippen LogP contribution in [0.1, 0.15) is 29.3 Å². The topological polar surface area (TPSA) is 44.8 Å². The summed E-state index contributed by atoms with van der Waals surface area (Å²) in [6, 6.07) is 7.74. The number of aryl methyl sites for hydroxylation is 1. The molecule has 0 aliphatic rings. The zero-order chi connectivity index (χ0) is 14.6. The Morgan fingerprint density at radius 1 is 1.00 bits per heavy atom. The number of benzene rings is 1. The van der Waals surface area contributed by atoms with E-state index in [0.29, 0.717) is 32.0 Å². The Morgan fingerprint density at radius 3 is 2.30 bits per heavy atom. The molecular formula is C16H24O4. The number of ketones is 1. The molecule has 0 radical (unpaired) electrons. The van der Waals surface area contributed by atoms with Gasteiger partial charge in [-0.25, -0.2) is 0 Å². The molecule has 1 aromatic carbocycles. The largest absolute Gasteiger partial charge is 0.382 e. The molecule has 4 heteroatoms. The Hall–Kier alpha value is -1.23. The number of Topliss-reactive ketones (excluding diaryl/α,β-unsaturated/α-hetero) is 1. The molecule has 4 nitrogen and oxygen atoms in total. The SMILES string of the molecule is CCCc1ccc(C(=O)COCCOCCOC)cc1. The number of rotatable bonds is 11. The van der Waals surface area contributed by atoms with Gasteiger partial charge in [-0.3, -0.25) is 4.79 Å². The van der Waals surface area contributed by atoms with Gasteiger partial charge in [0.1, 0.15) is 6.61 Å². The average Bonchev–Trinajstić information content (AvgIpc) is 2.47. The van der Waals surface area contributed by atoms with Crippen molar-refractivity contribution in [2.24, 2.45) is 0 Å². The number of carbonyl (C=O) groups is 1. The third kappa shape index (κ3) is 6.80. The van der Waals surface area contributed by atoms with E-state index in [1.165, 1.54) is 5.56 Å². The lowest BCUT2D eigenvalue weighted by atomic mass is 10.1. The van der Waals surface area contributed by atoms with E-state index in [9.17, 15) is 4.79 Å². The first-order valence-electron chi connectivity index (χ1n) is 7.04. The molecule has 20 heavy (non-hydrogen) atoms. The number of hydrogen-bond acceptors (Lipinski definition) is 4. The summed E-state index contributed by atoms with van der Waals surface area (Å²) in [6.07, 6.45) is 2.16. The summed E-state index contributed by atoms with van der Waals surface area (Å²) < 4.78 is 15.4. The minimum atomic E-state index is 0.00457. The predicted molar refractivity (Wildman–Crippen MR) is 78.3 cm³/mol. The second kappa shape index (κ2) is 10.5. The van der Waals surface area contributed by atoms with Gasteiger partial charge in [0, 0.05) is 12.7 Å². The first-order valence-corrected chi connectivity index (χ1v) is 7.04. The van der Waals surface area contributed by atoms with E-state index in [0.717, 1.165) is 12.8 Å². The molecular weight excluding hydrogens is 256 g/mol. The molecule has 112 valence electrons. The third-order valence-corrected chi connectivity index (χ3v) is 2.85. The minimum absolute atomic E-state index is 0.00457. The second-order valence-electron chi connectivity index (χ2n) is 4.53. The van der Waals surface area contributed by atoms with Crippen molar-refractivity contribution in [1.29, 1.82) is 0 Å². The van der Waals surface area contributed by atoms with Gasteiger partial charge in [-0.05, 0) is 12.0 Å². The highest BCUT2D eigenvalue weighted by Gasteiger charge is 2.05. The molecule has 0 aliphatic carbocycles. The van der Waals surface area contributed by atoms with Crippen LogP contribution >= 0.6 is 0 Å². The molecule has 0 heterocycles. The summed E-state index contributed by atoms with van der Waals surface area (Å²) in [5, 5.41) is 0. The van der Waals surface area contributed by atoms with Crippen molar-refractivity contribution >= 4 is 5.78 Å². The summed E-state index contributed by atoms with van der Waals surface area (Å²) >= 11 is 0. The van der Waals surface area contributed by atoms with E-state index < -0.39 is 0 Å². The number of methoxy groups -OCH3 is 1. The molecule has 1 rings (SSSR count). The van der Waals surface area contributed by atoms with E-state index in [1.54, 1.807) is 7.11 Å². The van der Waals surface area contributed by atoms with E-state index in [2.05, 4.69) is 6.92 Å². The van der Waals surface area contributed by atoms with Crippen molar-refractivity contribution in [2.45, 2.75) is 19.8 Å². The Morgan fingerprint density at radius 2 is 1.65 bits per heavy atom. The lowest BCUT2D eigenvalue weighted by molar-refractivity contribution is 0.0253. The fourth-order valence-electron chi connectivity index (χ4n) is 1.76. The van der Waals surface area contributed by atoms with Crippen molar-refractivity contribution in [3.63, 3.8) is 0 Å². The van der Waals surface area contributed by atoms with E-state index in [-0.39, 0.29) is 12.4 Å². The number of hydrogen-bond donors (Lipinski definition) is 0. The van der Waals surface area contributed by atoms with Crippen LogP contribution in [0.4, 0.5) is 0 Å².